The minimum Gasteiger partial charge on any atom is -0.481 e. The van der Waals surface area contributed by atoms with Crippen LogP contribution < -0.4 is 10.1 Å². The molecule has 5 rings (SSSR count). The van der Waals surface area contributed by atoms with Crippen LogP contribution in [0.4, 0.5) is 0 Å². The van der Waals surface area contributed by atoms with Crippen LogP contribution in [0.25, 0.3) is 22.0 Å². The fraction of sp³-hybridized carbons (Fsp3) is 0.333. The zero-order valence-corrected chi connectivity index (χ0v) is 22.7. The fourth-order valence-corrected chi connectivity index (χ4v) is 5.47. The molecular weight excluding hydrogens is 516 g/mol. The third-order valence-corrected chi connectivity index (χ3v) is 7.81. The molecule has 8 nitrogen and oxygen atoms in total. The molecule has 0 bridgehead atoms. The van der Waals surface area contributed by atoms with Crippen LogP contribution in [-0.4, -0.2) is 44.4 Å². The minimum atomic E-state index is -0.763. The van der Waals surface area contributed by atoms with Crippen LogP contribution in [0.5, 0.6) is 5.88 Å². The fourth-order valence-electron chi connectivity index (χ4n) is 5.27. The van der Waals surface area contributed by atoms with Crippen molar-refractivity contribution in [3.63, 3.8) is 0 Å². The van der Waals surface area contributed by atoms with Crippen molar-refractivity contribution in [2.75, 3.05) is 6.61 Å². The number of hydrogen-bond donors (Lipinski definition) is 2. The standard InChI is InChI=1S/C30H31ClN4O4/c1-3-39-27-16-22(14-15-32-27)20-6-4-19(5-7-20)18(2)35-28-24(12-13-26(31)25(28)17-33-35)29(36)34-23-10-8-21(9-11-23)30(37)38/h4-7,12-18,21,23H,3,8-11H2,1-2H3,(H,34,36)(H,37,38). The minimum absolute atomic E-state index is 0.0587. The molecule has 1 atom stereocenters. The molecule has 2 N–H and O–H groups in total. The number of carboxylic acid groups (broad SMARTS) is 1. The maximum absolute atomic E-state index is 13.4. The number of rotatable bonds is 8. The molecule has 2 aromatic carbocycles. The number of carboxylic acids is 1. The highest BCUT2D eigenvalue weighted by Crippen LogP contribution is 2.32. The summed E-state index contributed by atoms with van der Waals surface area (Å²) in [7, 11) is 0. The van der Waals surface area contributed by atoms with Crippen LogP contribution in [0.3, 0.4) is 0 Å². The van der Waals surface area contributed by atoms with Gasteiger partial charge in [-0.1, -0.05) is 35.9 Å². The second-order valence-electron chi connectivity index (χ2n) is 9.92. The van der Waals surface area contributed by atoms with Gasteiger partial charge in [0.05, 0.1) is 40.9 Å². The number of aliphatic carboxylic acids is 1. The third kappa shape index (κ3) is 5.61. The van der Waals surface area contributed by atoms with Gasteiger partial charge in [0, 0.05) is 23.7 Å². The molecule has 0 radical (unpaired) electrons. The van der Waals surface area contributed by atoms with Gasteiger partial charge in [0.1, 0.15) is 0 Å². The van der Waals surface area contributed by atoms with Crippen molar-refractivity contribution < 1.29 is 19.4 Å². The molecule has 1 aliphatic rings. The number of aromatic nitrogens is 3. The molecule has 9 heteroatoms. The molecule has 0 spiro atoms. The van der Waals surface area contributed by atoms with Crippen LogP contribution in [0, 0.1) is 5.92 Å². The smallest absolute Gasteiger partial charge is 0.306 e. The number of ether oxygens (including phenoxy) is 1. The van der Waals surface area contributed by atoms with E-state index in [-0.39, 0.29) is 23.9 Å². The van der Waals surface area contributed by atoms with Gasteiger partial charge in [0.25, 0.3) is 5.91 Å². The molecule has 39 heavy (non-hydrogen) atoms. The highest BCUT2D eigenvalue weighted by molar-refractivity contribution is 6.36. The largest absolute Gasteiger partial charge is 0.481 e. The summed E-state index contributed by atoms with van der Waals surface area (Å²) in [5.74, 6) is -0.712. The van der Waals surface area contributed by atoms with E-state index in [0.29, 0.717) is 59.7 Å². The lowest BCUT2D eigenvalue weighted by molar-refractivity contribution is -0.142. The van der Waals surface area contributed by atoms with Gasteiger partial charge in [-0.2, -0.15) is 5.10 Å². The second kappa shape index (κ2) is 11.5. The number of nitrogens with zero attached hydrogens (tertiary/aromatic N) is 3. The lowest BCUT2D eigenvalue weighted by Gasteiger charge is -2.27. The summed E-state index contributed by atoms with van der Waals surface area (Å²) in [5.41, 5.74) is 4.25. The predicted octanol–water partition coefficient (Wildman–Crippen LogP) is 6.13. The SMILES string of the molecule is CCOc1cc(-c2ccc(C(C)n3ncc4c(Cl)ccc(C(=O)NC5CCC(C(=O)O)CC5)c43)cc2)ccn1. The number of pyridine rings is 1. The van der Waals surface area contributed by atoms with E-state index >= 15 is 0 Å². The number of benzene rings is 2. The van der Waals surface area contributed by atoms with Crippen molar-refractivity contribution in [1.82, 2.24) is 20.1 Å². The summed E-state index contributed by atoms with van der Waals surface area (Å²) < 4.78 is 7.37. The van der Waals surface area contributed by atoms with Crippen molar-refractivity contribution in [3.05, 3.63) is 77.1 Å². The van der Waals surface area contributed by atoms with Crippen LogP contribution in [0.1, 0.15) is 61.5 Å². The second-order valence-corrected chi connectivity index (χ2v) is 10.3. The van der Waals surface area contributed by atoms with E-state index < -0.39 is 5.97 Å². The van der Waals surface area contributed by atoms with Crippen LogP contribution >= 0.6 is 11.6 Å². The Morgan fingerprint density at radius 1 is 1.10 bits per heavy atom. The summed E-state index contributed by atoms with van der Waals surface area (Å²) in [6, 6.07) is 15.3. The van der Waals surface area contributed by atoms with E-state index in [9.17, 15) is 14.7 Å². The Morgan fingerprint density at radius 2 is 1.85 bits per heavy atom. The molecule has 0 saturated heterocycles. The average molecular weight is 547 g/mol. The Morgan fingerprint density at radius 3 is 2.54 bits per heavy atom. The molecule has 1 saturated carbocycles. The molecule has 0 aliphatic heterocycles. The molecule has 1 fully saturated rings. The van der Waals surface area contributed by atoms with Crippen molar-refractivity contribution in [2.24, 2.45) is 5.92 Å². The highest BCUT2D eigenvalue weighted by Gasteiger charge is 2.28. The van der Waals surface area contributed by atoms with Gasteiger partial charge in [-0.3, -0.25) is 14.3 Å². The van der Waals surface area contributed by atoms with Gasteiger partial charge in [-0.15, -0.1) is 0 Å². The van der Waals surface area contributed by atoms with E-state index in [0.717, 1.165) is 16.7 Å². The van der Waals surface area contributed by atoms with Crippen molar-refractivity contribution in [2.45, 2.75) is 51.6 Å². The molecule has 1 amide bonds. The summed E-state index contributed by atoms with van der Waals surface area (Å²) in [6.45, 7) is 4.52. The molecule has 2 heterocycles. The topological polar surface area (TPSA) is 106 Å². The monoisotopic (exact) mass is 546 g/mol. The number of carbonyl (C=O) groups is 2. The first kappa shape index (κ1) is 26.7. The first-order valence-corrected chi connectivity index (χ1v) is 13.6. The lowest BCUT2D eigenvalue weighted by atomic mass is 9.86. The third-order valence-electron chi connectivity index (χ3n) is 7.48. The van der Waals surface area contributed by atoms with Gasteiger partial charge in [-0.05, 0) is 74.4 Å². The predicted molar refractivity (Wildman–Crippen MR) is 150 cm³/mol. The zero-order chi connectivity index (χ0) is 27.5. The number of amides is 1. The van der Waals surface area contributed by atoms with E-state index in [2.05, 4.69) is 39.7 Å². The number of halogens is 1. The molecular formula is C30H31ClN4O4. The van der Waals surface area contributed by atoms with Gasteiger partial charge in [-0.25, -0.2) is 4.98 Å². The first-order valence-electron chi connectivity index (χ1n) is 13.2. The average Bonchev–Trinajstić information content (AvgIpc) is 3.40. The molecule has 1 unspecified atom stereocenters. The normalized spacial score (nSPS) is 18.0. The zero-order valence-electron chi connectivity index (χ0n) is 21.9. The van der Waals surface area contributed by atoms with E-state index in [1.54, 1.807) is 24.5 Å². The maximum atomic E-state index is 13.4. The van der Waals surface area contributed by atoms with Crippen LogP contribution in [-0.2, 0) is 4.79 Å². The van der Waals surface area contributed by atoms with Crippen LogP contribution in [0.2, 0.25) is 5.02 Å². The number of nitrogens with one attached hydrogen (secondary N) is 1. The quantitative estimate of drug-likeness (QED) is 0.275. The maximum Gasteiger partial charge on any atom is 0.306 e. The van der Waals surface area contributed by atoms with Crippen LogP contribution in [0.15, 0.2) is 60.9 Å². The molecule has 2 aromatic heterocycles. The van der Waals surface area contributed by atoms with E-state index in [1.807, 2.05) is 30.7 Å². The first-order chi connectivity index (χ1) is 18.9. The van der Waals surface area contributed by atoms with Crippen molar-refractivity contribution in [1.29, 1.82) is 0 Å². The Labute approximate surface area is 232 Å². The van der Waals surface area contributed by atoms with Crippen molar-refractivity contribution in [3.8, 4) is 17.0 Å². The van der Waals surface area contributed by atoms with Gasteiger partial charge in [0.15, 0.2) is 0 Å². The van der Waals surface area contributed by atoms with Gasteiger partial charge in [0.2, 0.25) is 5.88 Å². The van der Waals surface area contributed by atoms with E-state index in [1.165, 1.54) is 0 Å². The van der Waals surface area contributed by atoms with Gasteiger partial charge >= 0.3 is 5.97 Å². The Kier molecular flexibility index (Phi) is 7.84. The van der Waals surface area contributed by atoms with Gasteiger partial charge < -0.3 is 15.2 Å². The summed E-state index contributed by atoms with van der Waals surface area (Å²) in [4.78, 5) is 28.9. The Hall–Kier alpha value is -3.91. The molecule has 4 aromatic rings. The Bertz CT molecular complexity index is 1490. The lowest BCUT2D eigenvalue weighted by Crippen LogP contribution is -2.39. The van der Waals surface area contributed by atoms with Crippen molar-refractivity contribution >= 4 is 34.4 Å². The number of fused-ring (bicyclic) bond motifs is 1. The highest BCUT2D eigenvalue weighted by atomic mass is 35.5. The molecule has 1 aliphatic carbocycles. The molecule has 202 valence electrons. The summed E-state index contributed by atoms with van der Waals surface area (Å²) in [5, 5.41) is 18.2. The summed E-state index contributed by atoms with van der Waals surface area (Å²) >= 11 is 6.50. The van der Waals surface area contributed by atoms with E-state index in [4.69, 9.17) is 16.3 Å². The summed E-state index contributed by atoms with van der Waals surface area (Å²) in [6.07, 6.45) is 5.85. The number of hydrogen-bond acceptors (Lipinski definition) is 5. The number of carbonyl (C=O) groups excluding carboxylic acids is 1. The Balaban J connectivity index is 1.39.